The Morgan fingerprint density at radius 3 is 2.54 bits per heavy atom. The molecule has 1 aliphatic heterocycles. The van der Waals surface area contributed by atoms with Crippen molar-refractivity contribution in [1.29, 1.82) is 5.26 Å². The molecule has 0 fully saturated rings. The third-order valence-corrected chi connectivity index (χ3v) is 5.14. The Kier molecular flexibility index (Phi) is 3.63. The molecule has 0 spiro atoms. The first kappa shape index (κ1) is 16.2. The maximum Gasteiger partial charge on any atom is 0.244 e. The van der Waals surface area contributed by atoms with Gasteiger partial charge in [-0.25, -0.2) is 0 Å². The van der Waals surface area contributed by atoms with E-state index in [2.05, 4.69) is 34.5 Å². The maximum atomic E-state index is 9.89. The summed E-state index contributed by atoms with van der Waals surface area (Å²) in [5.41, 5.74) is 10.1. The van der Waals surface area contributed by atoms with Gasteiger partial charge in [0.1, 0.15) is 11.6 Å². The highest BCUT2D eigenvalue weighted by Gasteiger charge is 2.36. The number of ether oxygens (including phenoxy) is 1. The van der Waals surface area contributed by atoms with Crippen molar-refractivity contribution in [2.75, 3.05) is 0 Å². The lowest BCUT2D eigenvalue weighted by atomic mass is 9.81. The number of fused-ring (bicyclic) bond motifs is 2. The first-order valence-electron chi connectivity index (χ1n) is 8.97. The molecule has 0 radical (unpaired) electrons. The summed E-state index contributed by atoms with van der Waals surface area (Å²) in [5.74, 6) is 0.140. The fraction of sp³-hybridized carbons (Fsp3) is 0.0435. The van der Waals surface area contributed by atoms with Gasteiger partial charge in [0.2, 0.25) is 11.8 Å². The van der Waals surface area contributed by atoms with Gasteiger partial charge >= 0.3 is 0 Å². The number of nitrogens with zero attached hydrogens (tertiary/aromatic N) is 2. The number of nitriles is 1. The fourth-order valence-corrected chi connectivity index (χ4v) is 3.88. The molecule has 0 saturated carbocycles. The monoisotopic (exact) mass is 364 g/mol. The van der Waals surface area contributed by atoms with Crippen LogP contribution in [-0.2, 0) is 0 Å². The van der Waals surface area contributed by atoms with Crippen molar-refractivity contribution >= 4 is 10.8 Å². The van der Waals surface area contributed by atoms with Crippen molar-refractivity contribution in [3.8, 4) is 23.2 Å². The molecule has 4 aromatic rings. The number of rotatable bonds is 2. The molecule has 1 atom stereocenters. The topological polar surface area (TPSA) is 87.7 Å². The molecule has 28 heavy (non-hydrogen) atoms. The van der Waals surface area contributed by atoms with Gasteiger partial charge in [-0.05, 0) is 21.9 Å². The molecule has 5 rings (SSSR count). The van der Waals surface area contributed by atoms with E-state index < -0.39 is 0 Å². The summed E-state index contributed by atoms with van der Waals surface area (Å²) in [5, 5.41) is 19.5. The number of aromatic nitrogens is 2. The molecular formula is C23H16N4O. The SMILES string of the molecule is N#CC1=C(N)Oc2n[nH]c(-c3ccccc3)c2C1c1cccc2ccccc12. The first-order valence-corrected chi connectivity index (χ1v) is 8.97. The van der Waals surface area contributed by atoms with Crippen molar-refractivity contribution in [2.45, 2.75) is 5.92 Å². The van der Waals surface area contributed by atoms with Crippen LogP contribution in [0.2, 0.25) is 0 Å². The smallest absolute Gasteiger partial charge is 0.244 e. The summed E-state index contributed by atoms with van der Waals surface area (Å²) in [7, 11) is 0. The number of hydrogen-bond acceptors (Lipinski definition) is 4. The van der Waals surface area contributed by atoms with Gasteiger partial charge in [-0.15, -0.1) is 5.10 Å². The molecule has 2 heterocycles. The zero-order valence-electron chi connectivity index (χ0n) is 14.9. The number of benzene rings is 3. The van der Waals surface area contributed by atoms with Gasteiger partial charge in [0.15, 0.2) is 0 Å². The Labute approximate surface area is 161 Å². The van der Waals surface area contributed by atoms with E-state index in [0.717, 1.165) is 33.2 Å². The normalized spacial score (nSPS) is 15.8. The highest BCUT2D eigenvalue weighted by Crippen LogP contribution is 2.47. The summed E-state index contributed by atoms with van der Waals surface area (Å²) >= 11 is 0. The van der Waals surface area contributed by atoms with Gasteiger partial charge in [0.25, 0.3) is 0 Å². The van der Waals surface area contributed by atoms with E-state index in [9.17, 15) is 5.26 Å². The van der Waals surface area contributed by atoms with Crippen LogP contribution in [0.3, 0.4) is 0 Å². The third-order valence-electron chi connectivity index (χ3n) is 5.14. The number of hydrogen-bond donors (Lipinski definition) is 2. The second kappa shape index (κ2) is 6.29. The molecular weight excluding hydrogens is 348 g/mol. The lowest BCUT2D eigenvalue weighted by Crippen LogP contribution is -2.21. The number of H-pyrrole nitrogens is 1. The highest BCUT2D eigenvalue weighted by molar-refractivity contribution is 5.88. The van der Waals surface area contributed by atoms with Crippen LogP contribution < -0.4 is 10.5 Å². The van der Waals surface area contributed by atoms with Crippen molar-refractivity contribution in [3.05, 3.63) is 95.4 Å². The Balaban J connectivity index is 1.82. The van der Waals surface area contributed by atoms with E-state index in [0.29, 0.717) is 11.5 Å². The molecule has 1 aliphatic rings. The Bertz CT molecular complexity index is 1260. The molecule has 5 nitrogen and oxygen atoms in total. The Morgan fingerprint density at radius 1 is 0.964 bits per heavy atom. The van der Waals surface area contributed by atoms with Crippen LogP contribution in [0, 0.1) is 11.3 Å². The van der Waals surface area contributed by atoms with Crippen LogP contribution >= 0.6 is 0 Å². The lowest BCUT2D eigenvalue weighted by molar-refractivity contribution is 0.379. The average Bonchev–Trinajstić information content (AvgIpc) is 3.16. The van der Waals surface area contributed by atoms with E-state index in [1.165, 1.54) is 0 Å². The molecule has 1 aromatic heterocycles. The summed E-state index contributed by atoms with van der Waals surface area (Å²) in [6.07, 6.45) is 0. The van der Waals surface area contributed by atoms with E-state index in [4.69, 9.17) is 10.5 Å². The average molecular weight is 364 g/mol. The predicted molar refractivity (Wildman–Crippen MR) is 107 cm³/mol. The summed E-state index contributed by atoms with van der Waals surface area (Å²) in [4.78, 5) is 0. The van der Waals surface area contributed by atoms with Crippen molar-refractivity contribution in [3.63, 3.8) is 0 Å². The molecule has 5 heteroatoms. The second-order valence-electron chi connectivity index (χ2n) is 6.68. The fourth-order valence-electron chi connectivity index (χ4n) is 3.88. The molecule has 0 bridgehead atoms. The third kappa shape index (κ3) is 2.36. The summed E-state index contributed by atoms with van der Waals surface area (Å²) < 4.78 is 5.69. The quantitative estimate of drug-likeness (QED) is 0.550. The van der Waals surface area contributed by atoms with Gasteiger partial charge in [0.05, 0.1) is 17.2 Å². The largest absolute Gasteiger partial charge is 0.420 e. The molecule has 3 aromatic carbocycles. The van der Waals surface area contributed by atoms with Crippen molar-refractivity contribution in [2.24, 2.45) is 5.73 Å². The highest BCUT2D eigenvalue weighted by atomic mass is 16.5. The van der Waals surface area contributed by atoms with E-state index in [1.54, 1.807) is 0 Å². The minimum absolute atomic E-state index is 0.0963. The zero-order valence-corrected chi connectivity index (χ0v) is 14.9. The van der Waals surface area contributed by atoms with Crippen LogP contribution in [0.4, 0.5) is 0 Å². The van der Waals surface area contributed by atoms with E-state index in [1.807, 2.05) is 54.6 Å². The van der Waals surface area contributed by atoms with Gasteiger partial charge in [-0.3, -0.25) is 5.10 Å². The van der Waals surface area contributed by atoms with Crippen LogP contribution in [0.5, 0.6) is 5.88 Å². The van der Waals surface area contributed by atoms with Crippen LogP contribution in [0.25, 0.3) is 22.0 Å². The predicted octanol–water partition coefficient (Wildman–Crippen LogP) is 4.45. The minimum atomic E-state index is -0.367. The lowest BCUT2D eigenvalue weighted by Gasteiger charge is -2.25. The van der Waals surface area contributed by atoms with Crippen LogP contribution in [0.15, 0.2) is 84.3 Å². The van der Waals surface area contributed by atoms with Gasteiger partial charge in [-0.1, -0.05) is 72.8 Å². The Morgan fingerprint density at radius 2 is 1.71 bits per heavy atom. The Hall–Kier alpha value is -4.04. The standard InChI is InChI=1S/C23H16N4O/c24-13-18-19(17-12-6-10-14-7-4-5-11-16(14)17)20-21(15-8-2-1-3-9-15)26-27-23(20)28-22(18)25/h1-12,19H,25H2,(H,26,27). The molecule has 0 saturated heterocycles. The molecule has 134 valence electrons. The number of nitrogens with one attached hydrogen (secondary N) is 1. The zero-order chi connectivity index (χ0) is 19.1. The van der Waals surface area contributed by atoms with Crippen LogP contribution in [0.1, 0.15) is 17.0 Å². The van der Waals surface area contributed by atoms with Crippen molar-refractivity contribution < 1.29 is 4.74 Å². The number of nitrogens with two attached hydrogens (primary N) is 1. The number of allylic oxidation sites excluding steroid dienone is 1. The molecule has 0 amide bonds. The molecule has 1 unspecified atom stereocenters. The van der Waals surface area contributed by atoms with E-state index >= 15 is 0 Å². The maximum absolute atomic E-state index is 9.89. The van der Waals surface area contributed by atoms with Crippen molar-refractivity contribution in [1.82, 2.24) is 10.2 Å². The number of aromatic amines is 1. The van der Waals surface area contributed by atoms with Crippen LogP contribution in [-0.4, -0.2) is 10.2 Å². The minimum Gasteiger partial charge on any atom is -0.420 e. The van der Waals surface area contributed by atoms with Gasteiger partial charge < -0.3 is 10.5 Å². The molecule has 3 N–H and O–H groups in total. The van der Waals surface area contributed by atoms with Gasteiger partial charge in [0, 0.05) is 0 Å². The summed E-state index contributed by atoms with van der Waals surface area (Å²) in [6, 6.07) is 26.4. The summed E-state index contributed by atoms with van der Waals surface area (Å²) in [6.45, 7) is 0. The van der Waals surface area contributed by atoms with E-state index in [-0.39, 0.29) is 11.8 Å². The van der Waals surface area contributed by atoms with Gasteiger partial charge in [-0.2, -0.15) is 5.26 Å². The first-order chi connectivity index (χ1) is 13.8. The second-order valence-corrected chi connectivity index (χ2v) is 6.68. The molecule has 0 aliphatic carbocycles.